The minimum absolute atomic E-state index is 0.188. The quantitative estimate of drug-likeness (QED) is 0.819. The fourth-order valence-electron chi connectivity index (χ4n) is 2.71. The molecule has 3 N–H and O–H groups in total. The minimum atomic E-state index is -0.748. The SMILES string of the molecule is NCC1(O)CCCC1CCSc1ccc(F)cc1F. The highest BCUT2D eigenvalue weighted by molar-refractivity contribution is 7.99. The van der Waals surface area contributed by atoms with Crippen molar-refractivity contribution in [2.24, 2.45) is 11.7 Å². The van der Waals surface area contributed by atoms with Crippen molar-refractivity contribution in [2.75, 3.05) is 12.3 Å². The largest absolute Gasteiger partial charge is 0.388 e. The van der Waals surface area contributed by atoms with Gasteiger partial charge < -0.3 is 10.8 Å². The molecule has 0 heterocycles. The molecule has 1 aromatic rings. The van der Waals surface area contributed by atoms with Gasteiger partial charge in [-0.2, -0.15) is 0 Å². The zero-order valence-electron chi connectivity index (χ0n) is 10.7. The van der Waals surface area contributed by atoms with Gasteiger partial charge in [-0.05, 0) is 43.1 Å². The molecule has 2 rings (SSSR count). The number of hydrogen-bond donors (Lipinski definition) is 2. The summed E-state index contributed by atoms with van der Waals surface area (Å²) in [4.78, 5) is 0.454. The van der Waals surface area contributed by atoms with Crippen LogP contribution in [0.4, 0.5) is 8.78 Å². The second-order valence-corrected chi connectivity index (χ2v) is 6.25. The fraction of sp³-hybridized carbons (Fsp3) is 0.571. The van der Waals surface area contributed by atoms with Crippen LogP contribution in [0.1, 0.15) is 25.7 Å². The zero-order chi connectivity index (χ0) is 13.9. The van der Waals surface area contributed by atoms with E-state index in [1.165, 1.54) is 23.9 Å². The van der Waals surface area contributed by atoms with Crippen LogP contribution in [0.3, 0.4) is 0 Å². The Balaban J connectivity index is 1.86. The van der Waals surface area contributed by atoms with Gasteiger partial charge in [0.15, 0.2) is 0 Å². The Kier molecular flexibility index (Phi) is 4.81. The highest BCUT2D eigenvalue weighted by Crippen LogP contribution is 2.38. The van der Waals surface area contributed by atoms with Crippen molar-refractivity contribution in [1.82, 2.24) is 0 Å². The molecule has 0 saturated heterocycles. The third-order valence-corrected chi connectivity index (χ3v) is 4.98. The van der Waals surface area contributed by atoms with Gasteiger partial charge in [-0.25, -0.2) is 8.78 Å². The summed E-state index contributed by atoms with van der Waals surface area (Å²) >= 11 is 1.36. The molecular formula is C14H19F2NOS. The maximum atomic E-state index is 13.4. The molecule has 2 atom stereocenters. The number of hydrogen-bond acceptors (Lipinski definition) is 3. The lowest BCUT2D eigenvalue weighted by molar-refractivity contribution is 0.0104. The summed E-state index contributed by atoms with van der Waals surface area (Å²) in [5.74, 6) is -0.190. The fourth-order valence-corrected chi connectivity index (χ4v) is 3.70. The molecular weight excluding hydrogens is 268 g/mol. The predicted molar refractivity (Wildman–Crippen MR) is 73.0 cm³/mol. The molecule has 1 saturated carbocycles. The second-order valence-electron chi connectivity index (χ2n) is 5.11. The summed E-state index contributed by atoms with van der Waals surface area (Å²) in [5.41, 5.74) is 4.88. The van der Waals surface area contributed by atoms with E-state index in [1.54, 1.807) is 0 Å². The standard InChI is InChI=1S/C14H19F2NOS/c15-11-3-4-13(12(16)8-11)19-7-5-10-2-1-6-14(10,18)9-17/h3-4,8,10,18H,1-2,5-7,9,17H2. The zero-order valence-corrected chi connectivity index (χ0v) is 11.6. The van der Waals surface area contributed by atoms with Gasteiger partial charge in [-0.3, -0.25) is 0 Å². The Hall–Kier alpha value is -0.650. The van der Waals surface area contributed by atoms with Crippen LogP contribution in [0.25, 0.3) is 0 Å². The van der Waals surface area contributed by atoms with Crippen molar-refractivity contribution in [3.8, 4) is 0 Å². The van der Waals surface area contributed by atoms with E-state index in [-0.39, 0.29) is 12.5 Å². The molecule has 1 aliphatic rings. The maximum Gasteiger partial charge on any atom is 0.139 e. The highest BCUT2D eigenvalue weighted by atomic mass is 32.2. The third kappa shape index (κ3) is 3.46. The van der Waals surface area contributed by atoms with Crippen LogP contribution in [-0.2, 0) is 0 Å². The van der Waals surface area contributed by atoms with Gasteiger partial charge in [0, 0.05) is 17.5 Å². The molecule has 2 nitrogen and oxygen atoms in total. The van der Waals surface area contributed by atoms with E-state index in [9.17, 15) is 13.9 Å². The van der Waals surface area contributed by atoms with Crippen LogP contribution in [0.2, 0.25) is 0 Å². The van der Waals surface area contributed by atoms with Gasteiger partial charge in [0.1, 0.15) is 11.6 Å². The summed E-state index contributed by atoms with van der Waals surface area (Å²) in [7, 11) is 0. The van der Waals surface area contributed by atoms with Gasteiger partial charge in [-0.15, -0.1) is 11.8 Å². The molecule has 1 aliphatic carbocycles. The number of nitrogens with two attached hydrogens (primary N) is 1. The van der Waals surface area contributed by atoms with E-state index in [2.05, 4.69) is 0 Å². The van der Waals surface area contributed by atoms with Crippen molar-refractivity contribution in [2.45, 2.75) is 36.2 Å². The Morgan fingerprint density at radius 1 is 1.42 bits per heavy atom. The summed E-state index contributed by atoms with van der Waals surface area (Å²) in [6.07, 6.45) is 3.52. The normalized spacial score (nSPS) is 26.8. The molecule has 0 spiro atoms. The van der Waals surface area contributed by atoms with Crippen LogP contribution in [0.5, 0.6) is 0 Å². The van der Waals surface area contributed by atoms with Gasteiger partial charge in [0.05, 0.1) is 5.60 Å². The number of thioether (sulfide) groups is 1. The van der Waals surface area contributed by atoms with E-state index in [1.807, 2.05) is 0 Å². The average molecular weight is 287 g/mol. The topological polar surface area (TPSA) is 46.2 Å². The van der Waals surface area contributed by atoms with Gasteiger partial charge in [-0.1, -0.05) is 6.42 Å². The number of rotatable bonds is 5. The molecule has 19 heavy (non-hydrogen) atoms. The highest BCUT2D eigenvalue weighted by Gasteiger charge is 2.39. The molecule has 106 valence electrons. The van der Waals surface area contributed by atoms with Crippen LogP contribution in [0, 0.1) is 17.6 Å². The molecule has 0 bridgehead atoms. The minimum Gasteiger partial charge on any atom is -0.388 e. The third-order valence-electron chi connectivity index (χ3n) is 3.89. The molecule has 0 aromatic heterocycles. The van der Waals surface area contributed by atoms with E-state index in [0.717, 1.165) is 31.7 Å². The monoisotopic (exact) mass is 287 g/mol. The number of benzene rings is 1. The molecule has 0 radical (unpaired) electrons. The van der Waals surface area contributed by atoms with E-state index < -0.39 is 17.2 Å². The van der Waals surface area contributed by atoms with E-state index >= 15 is 0 Å². The first-order valence-corrected chi connectivity index (χ1v) is 7.54. The Morgan fingerprint density at radius 3 is 2.89 bits per heavy atom. The van der Waals surface area contributed by atoms with Crippen molar-refractivity contribution in [1.29, 1.82) is 0 Å². The van der Waals surface area contributed by atoms with Gasteiger partial charge >= 0.3 is 0 Å². The Morgan fingerprint density at radius 2 is 2.21 bits per heavy atom. The lowest BCUT2D eigenvalue weighted by atomic mass is 9.89. The first-order chi connectivity index (χ1) is 9.05. The van der Waals surface area contributed by atoms with Crippen LogP contribution in [-0.4, -0.2) is 23.0 Å². The molecule has 2 unspecified atom stereocenters. The first kappa shape index (κ1) is 14.8. The smallest absolute Gasteiger partial charge is 0.139 e. The number of halogens is 2. The van der Waals surface area contributed by atoms with Crippen molar-refractivity contribution in [3.63, 3.8) is 0 Å². The lowest BCUT2D eigenvalue weighted by Gasteiger charge is -2.28. The van der Waals surface area contributed by atoms with E-state index in [4.69, 9.17) is 5.73 Å². The van der Waals surface area contributed by atoms with Crippen LogP contribution < -0.4 is 5.73 Å². The van der Waals surface area contributed by atoms with Crippen molar-refractivity contribution in [3.05, 3.63) is 29.8 Å². The van der Waals surface area contributed by atoms with Gasteiger partial charge in [0.25, 0.3) is 0 Å². The summed E-state index contributed by atoms with van der Waals surface area (Å²) in [6, 6.07) is 3.62. The molecule has 0 aliphatic heterocycles. The Labute approximate surface area is 116 Å². The Bertz CT molecular complexity index is 443. The van der Waals surface area contributed by atoms with Crippen LogP contribution in [0.15, 0.2) is 23.1 Å². The maximum absolute atomic E-state index is 13.4. The second kappa shape index (κ2) is 6.20. The summed E-state index contributed by atoms with van der Waals surface area (Å²) in [5, 5.41) is 10.3. The summed E-state index contributed by atoms with van der Waals surface area (Å²) in [6.45, 7) is 0.285. The predicted octanol–water partition coefficient (Wildman–Crippen LogP) is 2.94. The average Bonchev–Trinajstić information content (AvgIpc) is 2.74. The number of aliphatic hydroxyl groups is 1. The molecule has 5 heteroatoms. The van der Waals surface area contributed by atoms with Crippen LogP contribution >= 0.6 is 11.8 Å². The molecule has 1 aromatic carbocycles. The van der Waals surface area contributed by atoms with E-state index in [0.29, 0.717) is 10.6 Å². The molecule has 1 fully saturated rings. The molecule has 0 amide bonds. The summed E-state index contributed by atoms with van der Waals surface area (Å²) < 4.78 is 26.2. The first-order valence-electron chi connectivity index (χ1n) is 6.55. The van der Waals surface area contributed by atoms with Crippen molar-refractivity contribution < 1.29 is 13.9 Å². The van der Waals surface area contributed by atoms with Crippen molar-refractivity contribution >= 4 is 11.8 Å². The lowest BCUT2D eigenvalue weighted by Crippen LogP contribution is -2.41. The van der Waals surface area contributed by atoms with Gasteiger partial charge in [0.2, 0.25) is 0 Å².